The zero-order valence-electron chi connectivity index (χ0n) is 12.3. The Labute approximate surface area is 117 Å². The number of hydrogen-bond acceptors (Lipinski definition) is 2. The second kappa shape index (κ2) is 7.54. The molecule has 0 saturated heterocycles. The Balaban J connectivity index is 1.65. The van der Waals surface area contributed by atoms with E-state index >= 15 is 0 Å². The largest absolute Gasteiger partial charge is 0.492 e. The molecule has 2 rings (SSSR count). The minimum atomic E-state index is 0.694. The van der Waals surface area contributed by atoms with Crippen molar-refractivity contribution in [3.63, 3.8) is 0 Å². The van der Waals surface area contributed by atoms with Crippen LogP contribution in [0.5, 0.6) is 5.75 Å². The van der Waals surface area contributed by atoms with Gasteiger partial charge in [0.2, 0.25) is 0 Å². The summed E-state index contributed by atoms with van der Waals surface area (Å²) in [6, 6.07) is 9.13. The third kappa shape index (κ3) is 4.54. The Morgan fingerprint density at radius 1 is 1.16 bits per heavy atom. The van der Waals surface area contributed by atoms with E-state index in [9.17, 15) is 0 Å². The van der Waals surface area contributed by atoms with E-state index in [1.165, 1.54) is 31.2 Å². The van der Waals surface area contributed by atoms with Crippen molar-refractivity contribution in [1.82, 2.24) is 5.32 Å². The quantitative estimate of drug-likeness (QED) is 0.787. The summed E-state index contributed by atoms with van der Waals surface area (Å²) in [5, 5.41) is 3.64. The summed E-state index contributed by atoms with van der Waals surface area (Å²) in [5.74, 6) is 1.80. The number of ether oxygens (including phenoxy) is 1. The average Bonchev–Trinajstić information content (AvgIpc) is 2.46. The number of benzene rings is 1. The molecule has 0 amide bonds. The Morgan fingerprint density at radius 2 is 1.89 bits per heavy atom. The molecule has 0 aromatic heterocycles. The van der Waals surface area contributed by atoms with Crippen LogP contribution < -0.4 is 10.1 Å². The molecule has 0 spiro atoms. The average molecular weight is 261 g/mol. The molecule has 0 bridgehead atoms. The lowest BCUT2D eigenvalue weighted by atomic mass is 9.86. The number of hydrogen-bond donors (Lipinski definition) is 1. The lowest BCUT2D eigenvalue weighted by molar-refractivity contribution is 0.251. The van der Waals surface area contributed by atoms with Crippen LogP contribution in [0.1, 0.15) is 45.1 Å². The van der Waals surface area contributed by atoms with Gasteiger partial charge in [-0.05, 0) is 42.9 Å². The van der Waals surface area contributed by atoms with Gasteiger partial charge in [-0.3, -0.25) is 0 Å². The van der Waals surface area contributed by atoms with Gasteiger partial charge >= 0.3 is 0 Å². The van der Waals surface area contributed by atoms with E-state index in [2.05, 4.69) is 43.4 Å². The van der Waals surface area contributed by atoms with Gasteiger partial charge in [0.05, 0.1) is 0 Å². The van der Waals surface area contributed by atoms with E-state index in [4.69, 9.17) is 4.74 Å². The van der Waals surface area contributed by atoms with Crippen LogP contribution in [0.15, 0.2) is 24.3 Å². The molecule has 0 heterocycles. The van der Waals surface area contributed by atoms with Crippen LogP contribution >= 0.6 is 0 Å². The fourth-order valence-electron chi connectivity index (χ4n) is 2.85. The zero-order valence-corrected chi connectivity index (χ0v) is 12.3. The van der Waals surface area contributed by atoms with Crippen LogP contribution in [0.2, 0.25) is 0 Å². The highest BCUT2D eigenvalue weighted by molar-refractivity contribution is 5.27. The van der Waals surface area contributed by atoms with Crippen molar-refractivity contribution >= 4 is 0 Å². The first-order valence-electron chi connectivity index (χ1n) is 7.74. The minimum absolute atomic E-state index is 0.694. The minimum Gasteiger partial charge on any atom is -0.492 e. The molecule has 1 aromatic rings. The van der Waals surface area contributed by atoms with Gasteiger partial charge in [0.1, 0.15) is 12.4 Å². The van der Waals surface area contributed by atoms with E-state index in [1.807, 2.05) is 0 Å². The van der Waals surface area contributed by atoms with Gasteiger partial charge in [-0.1, -0.05) is 38.8 Å². The Morgan fingerprint density at radius 3 is 2.58 bits per heavy atom. The molecule has 1 N–H and O–H groups in total. The first-order valence-corrected chi connectivity index (χ1v) is 7.74. The van der Waals surface area contributed by atoms with Crippen molar-refractivity contribution in [3.05, 3.63) is 29.8 Å². The lowest BCUT2D eigenvalue weighted by Crippen LogP contribution is -2.39. The highest BCUT2D eigenvalue weighted by Gasteiger charge is 2.19. The lowest BCUT2D eigenvalue weighted by Gasteiger charge is -2.29. The summed E-state index contributed by atoms with van der Waals surface area (Å²) in [5.41, 5.74) is 1.36. The van der Waals surface area contributed by atoms with Crippen LogP contribution in [0, 0.1) is 5.92 Å². The molecular weight excluding hydrogens is 234 g/mol. The number of aryl methyl sites for hydroxylation is 1. The van der Waals surface area contributed by atoms with Crippen LogP contribution in [0.25, 0.3) is 0 Å². The maximum Gasteiger partial charge on any atom is 0.119 e. The van der Waals surface area contributed by atoms with E-state index < -0.39 is 0 Å². The Bertz CT molecular complexity index is 360. The third-order valence-corrected chi connectivity index (χ3v) is 4.22. The summed E-state index contributed by atoms with van der Waals surface area (Å²) in [6.45, 7) is 6.24. The van der Waals surface area contributed by atoms with E-state index in [-0.39, 0.29) is 0 Å². The number of nitrogens with one attached hydrogen (secondary N) is 1. The first-order chi connectivity index (χ1) is 9.29. The molecular formula is C17H27NO. The van der Waals surface area contributed by atoms with E-state index in [0.29, 0.717) is 6.04 Å². The Kier molecular flexibility index (Phi) is 5.71. The van der Waals surface area contributed by atoms with Crippen molar-refractivity contribution in [3.8, 4) is 5.75 Å². The van der Waals surface area contributed by atoms with Crippen LogP contribution in [-0.2, 0) is 6.42 Å². The molecule has 106 valence electrons. The molecule has 2 atom stereocenters. The summed E-state index contributed by atoms with van der Waals surface area (Å²) in [7, 11) is 0. The molecule has 1 aliphatic carbocycles. The van der Waals surface area contributed by atoms with Gasteiger partial charge < -0.3 is 10.1 Å². The van der Waals surface area contributed by atoms with Crippen LogP contribution in [-0.4, -0.2) is 19.2 Å². The highest BCUT2D eigenvalue weighted by atomic mass is 16.5. The molecule has 2 nitrogen and oxygen atoms in total. The van der Waals surface area contributed by atoms with Gasteiger partial charge in [0.25, 0.3) is 0 Å². The molecule has 0 radical (unpaired) electrons. The predicted octanol–water partition coefficient (Wildman–Crippen LogP) is 3.80. The topological polar surface area (TPSA) is 21.3 Å². The molecule has 1 aromatic carbocycles. The van der Waals surface area contributed by atoms with Crippen molar-refractivity contribution in [2.45, 2.75) is 52.0 Å². The molecule has 19 heavy (non-hydrogen) atoms. The summed E-state index contributed by atoms with van der Waals surface area (Å²) >= 11 is 0. The maximum atomic E-state index is 5.77. The van der Waals surface area contributed by atoms with E-state index in [0.717, 1.165) is 31.2 Å². The van der Waals surface area contributed by atoms with Crippen molar-refractivity contribution in [2.24, 2.45) is 5.92 Å². The Hall–Kier alpha value is -1.02. The number of rotatable bonds is 6. The van der Waals surface area contributed by atoms with Crippen molar-refractivity contribution in [2.75, 3.05) is 13.2 Å². The maximum absolute atomic E-state index is 5.77. The second-order valence-corrected chi connectivity index (χ2v) is 5.67. The SMILES string of the molecule is CCc1ccc(OCCNC2CCCCC2C)cc1. The summed E-state index contributed by atoms with van der Waals surface area (Å²) < 4.78 is 5.77. The monoisotopic (exact) mass is 261 g/mol. The fraction of sp³-hybridized carbons (Fsp3) is 0.647. The normalized spacial score (nSPS) is 23.3. The van der Waals surface area contributed by atoms with Gasteiger partial charge in [0.15, 0.2) is 0 Å². The highest BCUT2D eigenvalue weighted by Crippen LogP contribution is 2.23. The first kappa shape index (κ1) is 14.4. The molecule has 2 unspecified atom stereocenters. The van der Waals surface area contributed by atoms with Crippen LogP contribution in [0.4, 0.5) is 0 Å². The van der Waals surface area contributed by atoms with Gasteiger partial charge in [0, 0.05) is 12.6 Å². The third-order valence-electron chi connectivity index (χ3n) is 4.22. The van der Waals surface area contributed by atoms with Gasteiger partial charge in [-0.2, -0.15) is 0 Å². The standard InChI is InChI=1S/C17H27NO/c1-3-15-8-10-16(11-9-15)19-13-12-18-17-7-5-4-6-14(17)2/h8-11,14,17-18H,3-7,12-13H2,1-2H3. The van der Waals surface area contributed by atoms with Gasteiger partial charge in [-0.15, -0.1) is 0 Å². The van der Waals surface area contributed by atoms with E-state index in [1.54, 1.807) is 0 Å². The van der Waals surface area contributed by atoms with Crippen molar-refractivity contribution < 1.29 is 4.74 Å². The predicted molar refractivity (Wildman–Crippen MR) is 80.7 cm³/mol. The molecule has 0 aliphatic heterocycles. The smallest absolute Gasteiger partial charge is 0.119 e. The van der Waals surface area contributed by atoms with Gasteiger partial charge in [-0.25, -0.2) is 0 Å². The molecule has 1 fully saturated rings. The molecule has 1 aliphatic rings. The zero-order chi connectivity index (χ0) is 13.5. The second-order valence-electron chi connectivity index (χ2n) is 5.67. The van der Waals surface area contributed by atoms with Crippen LogP contribution in [0.3, 0.4) is 0 Å². The molecule has 1 saturated carbocycles. The molecule has 2 heteroatoms. The fourth-order valence-corrected chi connectivity index (χ4v) is 2.85. The van der Waals surface area contributed by atoms with Crippen molar-refractivity contribution in [1.29, 1.82) is 0 Å². The summed E-state index contributed by atoms with van der Waals surface area (Å²) in [6.07, 6.45) is 6.56. The summed E-state index contributed by atoms with van der Waals surface area (Å²) in [4.78, 5) is 0.